The molecule has 1 N–H and O–H groups in total. The van der Waals surface area contributed by atoms with E-state index in [0.717, 1.165) is 12.1 Å². The van der Waals surface area contributed by atoms with E-state index in [9.17, 15) is 18.0 Å². The van der Waals surface area contributed by atoms with Gasteiger partial charge >= 0.3 is 6.18 Å². The quantitative estimate of drug-likeness (QED) is 0.648. The summed E-state index contributed by atoms with van der Waals surface area (Å²) in [5.41, 5.74) is -0.493. The molecule has 0 heterocycles. The number of methoxy groups -OCH3 is 1. The van der Waals surface area contributed by atoms with Crippen LogP contribution in [0, 0.1) is 0 Å². The molecule has 1 aromatic rings. The fourth-order valence-electron chi connectivity index (χ4n) is 1.62. The summed E-state index contributed by atoms with van der Waals surface area (Å²) in [5.74, 6) is -0.394. The largest absolute Gasteiger partial charge is 0.416 e. The van der Waals surface area contributed by atoms with Crippen LogP contribution < -0.4 is 5.32 Å². The highest BCUT2D eigenvalue weighted by atomic mass is 32.1. The number of carbonyl (C=O) groups excluding carboxylic acids is 1. The molecule has 0 spiro atoms. The number of rotatable bonds is 6. The van der Waals surface area contributed by atoms with Crippen molar-refractivity contribution in [3.63, 3.8) is 0 Å². The smallest absolute Gasteiger partial charge is 0.375 e. The Bertz CT molecular complexity index is 542. The van der Waals surface area contributed by atoms with Crippen LogP contribution in [-0.2, 0) is 15.7 Å². The molecule has 21 heavy (non-hydrogen) atoms. The van der Waals surface area contributed by atoms with Crippen LogP contribution in [0.4, 0.5) is 13.2 Å². The van der Waals surface area contributed by atoms with E-state index < -0.39 is 23.7 Å². The van der Waals surface area contributed by atoms with E-state index in [-0.39, 0.29) is 13.2 Å². The molecule has 0 saturated heterocycles. The van der Waals surface area contributed by atoms with Gasteiger partial charge in [0, 0.05) is 13.7 Å². The van der Waals surface area contributed by atoms with Crippen molar-refractivity contribution in [2.45, 2.75) is 12.2 Å². The van der Waals surface area contributed by atoms with Crippen LogP contribution in [0.2, 0.25) is 0 Å². The van der Waals surface area contributed by atoms with Crippen LogP contribution in [0.3, 0.4) is 0 Å². The van der Waals surface area contributed by atoms with Gasteiger partial charge in [0.2, 0.25) is 5.91 Å². The topological polar surface area (TPSA) is 50.7 Å². The minimum Gasteiger partial charge on any atom is -0.375 e. The number of halogens is 3. The minimum atomic E-state index is -4.44. The van der Waals surface area contributed by atoms with Crippen molar-refractivity contribution < 1.29 is 22.7 Å². The number of ether oxygens (including phenoxy) is 1. The average Bonchev–Trinajstić information content (AvgIpc) is 2.43. The van der Waals surface area contributed by atoms with E-state index in [0.29, 0.717) is 5.56 Å². The van der Waals surface area contributed by atoms with Crippen LogP contribution in [0.25, 0.3) is 0 Å². The summed E-state index contributed by atoms with van der Waals surface area (Å²) in [6.07, 6.45) is -4.44. The molecule has 1 amide bonds. The number of hydrogen-bond donors (Lipinski definition) is 1. The van der Waals surface area contributed by atoms with Crippen molar-refractivity contribution in [2.24, 2.45) is 4.99 Å². The molecule has 1 atom stereocenters. The van der Waals surface area contributed by atoms with Crippen molar-refractivity contribution in [1.82, 2.24) is 5.32 Å². The van der Waals surface area contributed by atoms with Gasteiger partial charge in [0.15, 0.2) is 0 Å². The Balaban J connectivity index is 2.90. The lowest BCUT2D eigenvalue weighted by Crippen LogP contribution is -2.30. The molecular weight excluding hydrogens is 305 g/mol. The average molecular weight is 318 g/mol. The second-order valence-electron chi connectivity index (χ2n) is 4.10. The molecule has 0 aliphatic heterocycles. The number of nitrogens with zero attached hydrogens (tertiary/aromatic N) is 1. The first-order valence-corrected chi connectivity index (χ1v) is 6.29. The van der Waals surface area contributed by atoms with Gasteiger partial charge in [-0.15, -0.1) is 0 Å². The minimum absolute atomic E-state index is 0.00709. The number of nitrogens with one attached hydrogen (secondary N) is 1. The van der Waals surface area contributed by atoms with Crippen LogP contribution in [0.5, 0.6) is 0 Å². The first-order chi connectivity index (χ1) is 9.88. The number of benzene rings is 1. The first kappa shape index (κ1) is 17.3. The molecule has 1 rings (SSSR count). The van der Waals surface area contributed by atoms with Gasteiger partial charge in [0.1, 0.15) is 12.6 Å². The maximum absolute atomic E-state index is 12.7. The fraction of sp³-hybridized carbons (Fsp3) is 0.385. The normalized spacial score (nSPS) is 12.4. The highest BCUT2D eigenvalue weighted by Gasteiger charge is 2.31. The predicted molar refractivity (Wildman–Crippen MR) is 74.1 cm³/mol. The molecule has 4 nitrogen and oxygen atoms in total. The maximum atomic E-state index is 12.7. The summed E-state index contributed by atoms with van der Waals surface area (Å²) in [4.78, 5) is 15.1. The zero-order chi connectivity index (χ0) is 15.9. The summed E-state index contributed by atoms with van der Waals surface area (Å²) in [6, 6.07) is 3.97. The molecule has 0 unspecified atom stereocenters. The summed E-state index contributed by atoms with van der Waals surface area (Å²) >= 11 is 4.49. The van der Waals surface area contributed by atoms with Gasteiger partial charge in [-0.2, -0.15) is 13.2 Å². The Morgan fingerprint density at radius 2 is 2.24 bits per heavy atom. The molecule has 114 valence electrons. The van der Waals surface area contributed by atoms with E-state index in [1.807, 2.05) is 0 Å². The third kappa shape index (κ3) is 5.63. The van der Waals surface area contributed by atoms with Gasteiger partial charge in [-0.25, -0.2) is 4.99 Å². The molecule has 0 aliphatic rings. The Kier molecular flexibility index (Phi) is 6.48. The molecule has 0 saturated carbocycles. The molecule has 0 aromatic heterocycles. The van der Waals surface area contributed by atoms with Crippen LogP contribution in [0.15, 0.2) is 29.3 Å². The lowest BCUT2D eigenvalue weighted by atomic mass is 10.0. The Morgan fingerprint density at radius 1 is 1.52 bits per heavy atom. The number of hydrogen-bond acceptors (Lipinski definition) is 4. The summed E-state index contributed by atoms with van der Waals surface area (Å²) < 4.78 is 42.7. The van der Waals surface area contributed by atoms with Crippen LogP contribution in [-0.4, -0.2) is 31.3 Å². The van der Waals surface area contributed by atoms with Crippen molar-refractivity contribution in [3.05, 3.63) is 35.4 Å². The fourth-order valence-corrected chi connectivity index (χ4v) is 1.74. The Hall–Kier alpha value is -1.76. The number of aliphatic imine (C=N–C) groups is 1. The first-order valence-electron chi connectivity index (χ1n) is 5.88. The second-order valence-corrected chi connectivity index (χ2v) is 4.28. The van der Waals surface area contributed by atoms with Crippen molar-refractivity contribution >= 4 is 23.3 Å². The Morgan fingerprint density at radius 3 is 2.81 bits per heavy atom. The van der Waals surface area contributed by atoms with E-state index in [4.69, 9.17) is 0 Å². The van der Waals surface area contributed by atoms with Gasteiger partial charge in [-0.05, 0) is 29.9 Å². The van der Waals surface area contributed by atoms with E-state index in [1.54, 1.807) is 0 Å². The highest BCUT2D eigenvalue weighted by Crippen LogP contribution is 2.31. The van der Waals surface area contributed by atoms with Gasteiger partial charge in [-0.3, -0.25) is 4.79 Å². The van der Waals surface area contributed by atoms with Gasteiger partial charge in [0.25, 0.3) is 0 Å². The van der Waals surface area contributed by atoms with Crippen molar-refractivity contribution in [1.29, 1.82) is 0 Å². The van der Waals surface area contributed by atoms with E-state index >= 15 is 0 Å². The highest BCUT2D eigenvalue weighted by molar-refractivity contribution is 7.78. The van der Waals surface area contributed by atoms with E-state index in [1.165, 1.54) is 19.2 Å². The third-order valence-corrected chi connectivity index (χ3v) is 2.68. The zero-order valence-corrected chi connectivity index (χ0v) is 11.9. The molecule has 0 bridgehead atoms. The molecule has 0 radical (unpaired) electrons. The Labute approximate surface area is 125 Å². The molecule has 1 aromatic carbocycles. The zero-order valence-electron chi connectivity index (χ0n) is 11.1. The van der Waals surface area contributed by atoms with Crippen molar-refractivity contribution in [3.8, 4) is 0 Å². The number of thiocarbonyl (C=S) groups is 1. The standard InChI is InChI=1S/C13H13F3N2O2S/c1-20-7-12(19)17-6-11(18-8-21)9-3-2-4-10(5-9)13(14,15)16/h2-5,11H,6-7H2,1H3,(H,17,19)/t11-/m0/s1. The SMILES string of the molecule is COCC(=O)NC[C@H](N=C=S)c1cccc(C(F)(F)F)c1. The van der Waals surface area contributed by atoms with Crippen LogP contribution >= 0.6 is 12.2 Å². The van der Waals surface area contributed by atoms with E-state index in [2.05, 4.69) is 32.4 Å². The molecule has 0 fully saturated rings. The van der Waals surface area contributed by atoms with Crippen LogP contribution in [0.1, 0.15) is 17.2 Å². The number of alkyl halides is 3. The number of amides is 1. The summed E-state index contributed by atoms with van der Waals surface area (Å²) in [6.45, 7) is -0.135. The third-order valence-electron chi connectivity index (χ3n) is 2.58. The molecule has 0 aliphatic carbocycles. The maximum Gasteiger partial charge on any atom is 0.416 e. The summed E-state index contributed by atoms with van der Waals surface area (Å²) in [5, 5.41) is 4.62. The van der Waals surface area contributed by atoms with Gasteiger partial charge in [-0.1, -0.05) is 12.1 Å². The van der Waals surface area contributed by atoms with Gasteiger partial charge in [0.05, 0.1) is 10.7 Å². The monoisotopic (exact) mass is 318 g/mol. The number of isothiocyanates is 1. The predicted octanol–water partition coefficient (Wildman–Crippen LogP) is 2.61. The number of carbonyl (C=O) groups is 1. The van der Waals surface area contributed by atoms with Gasteiger partial charge < -0.3 is 10.1 Å². The lowest BCUT2D eigenvalue weighted by Gasteiger charge is -2.14. The molecule has 8 heteroatoms. The molecular formula is C13H13F3N2O2S. The van der Waals surface area contributed by atoms with Crippen molar-refractivity contribution in [2.75, 3.05) is 20.3 Å². The second kappa shape index (κ2) is 7.87. The summed E-state index contributed by atoms with van der Waals surface area (Å²) in [7, 11) is 1.36. The lowest BCUT2D eigenvalue weighted by molar-refractivity contribution is -0.137.